The number of hydrogen-bond acceptors (Lipinski definition) is 3. The fraction of sp³-hybridized carbons (Fsp3) is 0.538. The zero-order valence-electron chi connectivity index (χ0n) is 11.4. The lowest BCUT2D eigenvalue weighted by Crippen LogP contribution is -2.43. The van der Waals surface area contributed by atoms with Gasteiger partial charge in [0.15, 0.2) is 9.84 Å². The van der Waals surface area contributed by atoms with Crippen LogP contribution in [0.5, 0.6) is 0 Å². The summed E-state index contributed by atoms with van der Waals surface area (Å²) in [5.74, 6) is -0.286. The molecule has 0 amide bonds. The number of hydrogen-bond donors (Lipinski definition) is 1. The van der Waals surface area contributed by atoms with Crippen molar-refractivity contribution in [1.29, 1.82) is 0 Å². The summed E-state index contributed by atoms with van der Waals surface area (Å²) < 4.78 is 36.0. The Morgan fingerprint density at radius 3 is 2.28 bits per heavy atom. The van der Waals surface area contributed by atoms with Crippen molar-refractivity contribution in [3.8, 4) is 0 Å². The van der Waals surface area contributed by atoms with Gasteiger partial charge in [0.1, 0.15) is 5.82 Å². The van der Waals surface area contributed by atoms with E-state index in [1.54, 1.807) is 40.0 Å². The maximum atomic E-state index is 13.3. The van der Waals surface area contributed by atoms with Crippen LogP contribution in [0.2, 0.25) is 0 Å². The highest BCUT2D eigenvalue weighted by atomic mass is 32.2. The smallest absolute Gasteiger partial charge is 0.154 e. The second kappa shape index (κ2) is 4.97. The second-order valence-corrected chi connectivity index (χ2v) is 7.70. The van der Waals surface area contributed by atoms with E-state index in [4.69, 9.17) is 0 Å². The number of rotatable bonds is 4. The predicted molar refractivity (Wildman–Crippen MR) is 71.9 cm³/mol. The van der Waals surface area contributed by atoms with Crippen molar-refractivity contribution in [2.24, 2.45) is 0 Å². The van der Waals surface area contributed by atoms with Crippen molar-refractivity contribution in [3.63, 3.8) is 0 Å². The van der Waals surface area contributed by atoms with Crippen LogP contribution in [0.3, 0.4) is 0 Å². The van der Waals surface area contributed by atoms with Gasteiger partial charge in [-0.3, -0.25) is 0 Å². The molecule has 1 aromatic rings. The van der Waals surface area contributed by atoms with Crippen LogP contribution in [0.1, 0.15) is 31.0 Å². The third-order valence-electron chi connectivity index (χ3n) is 3.45. The Labute approximate surface area is 108 Å². The molecule has 0 heterocycles. The molecule has 102 valence electrons. The molecule has 5 heteroatoms. The van der Waals surface area contributed by atoms with E-state index in [1.807, 2.05) is 0 Å². The molecule has 3 nitrogen and oxygen atoms in total. The van der Waals surface area contributed by atoms with E-state index in [1.165, 1.54) is 12.3 Å². The van der Waals surface area contributed by atoms with Gasteiger partial charge < -0.3 is 5.32 Å². The summed E-state index contributed by atoms with van der Waals surface area (Å²) in [5, 5.41) is 3.01. The Morgan fingerprint density at radius 2 is 1.89 bits per heavy atom. The van der Waals surface area contributed by atoms with Crippen LogP contribution in [-0.2, 0) is 9.84 Å². The number of halogens is 1. The maximum Gasteiger partial charge on any atom is 0.154 e. The van der Waals surface area contributed by atoms with Crippen molar-refractivity contribution >= 4 is 9.84 Å². The van der Waals surface area contributed by atoms with E-state index in [0.29, 0.717) is 5.56 Å². The molecule has 1 atom stereocenters. The Balaban J connectivity index is 3.30. The average Bonchev–Trinajstić information content (AvgIpc) is 2.22. The molecule has 0 aromatic heterocycles. The number of aryl methyl sites for hydroxylation is 1. The van der Waals surface area contributed by atoms with Gasteiger partial charge in [0.05, 0.1) is 10.8 Å². The first-order chi connectivity index (χ1) is 8.11. The first kappa shape index (κ1) is 15.1. The molecule has 0 aliphatic carbocycles. The topological polar surface area (TPSA) is 46.2 Å². The lowest BCUT2D eigenvalue weighted by Gasteiger charge is -2.33. The standard InChI is InChI=1S/C13H20FNO2S/c1-9-8-10(6-7-11(9)14)12(15-4)13(2,3)18(5,16)17/h6-8,12,15H,1-5H3. The second-order valence-electron chi connectivity index (χ2n) is 5.11. The average molecular weight is 273 g/mol. The zero-order valence-corrected chi connectivity index (χ0v) is 12.2. The third-order valence-corrected chi connectivity index (χ3v) is 5.60. The molecule has 0 aliphatic rings. The molecule has 0 radical (unpaired) electrons. The van der Waals surface area contributed by atoms with Crippen LogP contribution in [0.4, 0.5) is 4.39 Å². The van der Waals surface area contributed by atoms with E-state index in [9.17, 15) is 12.8 Å². The van der Waals surface area contributed by atoms with Crippen LogP contribution < -0.4 is 5.32 Å². The van der Waals surface area contributed by atoms with E-state index >= 15 is 0 Å². The SMILES string of the molecule is CNC(c1ccc(F)c(C)c1)C(C)(C)S(C)(=O)=O. The van der Waals surface area contributed by atoms with Gasteiger partial charge in [-0.05, 0) is 45.0 Å². The van der Waals surface area contributed by atoms with Gasteiger partial charge in [-0.15, -0.1) is 0 Å². The maximum absolute atomic E-state index is 13.3. The first-order valence-electron chi connectivity index (χ1n) is 5.74. The highest BCUT2D eigenvalue weighted by Gasteiger charge is 2.39. The largest absolute Gasteiger partial charge is 0.312 e. The molecule has 18 heavy (non-hydrogen) atoms. The van der Waals surface area contributed by atoms with E-state index in [2.05, 4.69) is 5.32 Å². The van der Waals surface area contributed by atoms with E-state index in [-0.39, 0.29) is 11.9 Å². The van der Waals surface area contributed by atoms with Gasteiger partial charge in [0, 0.05) is 6.26 Å². The molecule has 0 bridgehead atoms. The number of sulfone groups is 1. The minimum Gasteiger partial charge on any atom is -0.312 e. The molecule has 1 N–H and O–H groups in total. The minimum absolute atomic E-state index is 0.286. The van der Waals surface area contributed by atoms with Crippen molar-refractivity contribution in [3.05, 3.63) is 35.1 Å². The molecular formula is C13H20FNO2S. The number of benzene rings is 1. The molecule has 1 unspecified atom stereocenters. The van der Waals surface area contributed by atoms with Crippen LogP contribution in [0.15, 0.2) is 18.2 Å². The molecule has 0 saturated carbocycles. The summed E-state index contributed by atoms with van der Waals surface area (Å²) in [6.45, 7) is 5.00. The molecular weight excluding hydrogens is 253 g/mol. The highest BCUT2D eigenvalue weighted by molar-refractivity contribution is 7.92. The van der Waals surface area contributed by atoms with Crippen molar-refractivity contribution in [2.75, 3.05) is 13.3 Å². The van der Waals surface area contributed by atoms with E-state index < -0.39 is 14.6 Å². The fourth-order valence-electron chi connectivity index (χ4n) is 1.98. The first-order valence-corrected chi connectivity index (χ1v) is 7.63. The van der Waals surface area contributed by atoms with Gasteiger partial charge in [-0.25, -0.2) is 12.8 Å². The lowest BCUT2D eigenvalue weighted by molar-refractivity contribution is 0.445. The minimum atomic E-state index is -3.24. The molecule has 0 fully saturated rings. The van der Waals surface area contributed by atoms with Crippen LogP contribution in [-0.4, -0.2) is 26.5 Å². The Bertz CT molecular complexity index is 538. The molecule has 1 aromatic carbocycles. The normalized spacial score (nSPS) is 14.6. The summed E-state index contributed by atoms with van der Waals surface area (Å²) in [5.41, 5.74) is 1.28. The number of nitrogens with one attached hydrogen (secondary N) is 1. The molecule has 0 saturated heterocycles. The summed E-state index contributed by atoms with van der Waals surface area (Å²) in [4.78, 5) is 0. The van der Waals surface area contributed by atoms with Crippen molar-refractivity contribution in [2.45, 2.75) is 31.6 Å². The van der Waals surface area contributed by atoms with Gasteiger partial charge in [0.25, 0.3) is 0 Å². The third kappa shape index (κ3) is 2.72. The molecule has 1 rings (SSSR count). The van der Waals surface area contributed by atoms with Crippen molar-refractivity contribution in [1.82, 2.24) is 5.32 Å². The van der Waals surface area contributed by atoms with Gasteiger partial charge in [0.2, 0.25) is 0 Å². The Hall–Kier alpha value is -0.940. The Kier molecular flexibility index (Phi) is 4.18. The Morgan fingerprint density at radius 1 is 1.33 bits per heavy atom. The fourth-order valence-corrected chi connectivity index (χ4v) is 2.66. The van der Waals surface area contributed by atoms with Gasteiger partial charge in [-0.1, -0.05) is 12.1 Å². The summed E-state index contributed by atoms with van der Waals surface area (Å²) in [6.07, 6.45) is 1.22. The van der Waals surface area contributed by atoms with Crippen LogP contribution in [0, 0.1) is 12.7 Å². The quantitative estimate of drug-likeness (QED) is 0.915. The van der Waals surface area contributed by atoms with Gasteiger partial charge >= 0.3 is 0 Å². The summed E-state index contributed by atoms with van der Waals surface area (Å²) >= 11 is 0. The predicted octanol–water partition coefficient (Wildman–Crippen LogP) is 2.22. The highest BCUT2D eigenvalue weighted by Crippen LogP contribution is 2.32. The molecule has 0 aliphatic heterocycles. The molecule has 0 spiro atoms. The van der Waals surface area contributed by atoms with Crippen molar-refractivity contribution < 1.29 is 12.8 Å². The van der Waals surface area contributed by atoms with E-state index in [0.717, 1.165) is 5.56 Å². The summed E-state index contributed by atoms with van der Waals surface area (Å²) in [7, 11) is -1.54. The lowest BCUT2D eigenvalue weighted by atomic mass is 9.94. The van der Waals surface area contributed by atoms with Gasteiger partial charge in [-0.2, -0.15) is 0 Å². The van der Waals surface area contributed by atoms with Crippen LogP contribution >= 0.6 is 0 Å². The zero-order chi connectivity index (χ0) is 14.1. The monoisotopic (exact) mass is 273 g/mol. The van der Waals surface area contributed by atoms with Crippen LogP contribution in [0.25, 0.3) is 0 Å². The summed E-state index contributed by atoms with van der Waals surface area (Å²) in [6, 6.07) is 4.29.